The minimum absolute atomic E-state index is 0.218. The van der Waals surface area contributed by atoms with Crippen LogP contribution < -0.4 is 16.0 Å². The van der Waals surface area contributed by atoms with E-state index in [-0.39, 0.29) is 11.3 Å². The Labute approximate surface area is 118 Å². The van der Waals surface area contributed by atoms with E-state index in [4.69, 9.17) is 5.84 Å². The number of nitrogens with zero attached hydrogens (tertiary/aromatic N) is 2. The monoisotopic (exact) mass is 298 g/mol. The Morgan fingerprint density at radius 3 is 2.48 bits per heavy atom. The second-order valence-electron chi connectivity index (χ2n) is 4.27. The first-order valence-electron chi connectivity index (χ1n) is 6.00. The van der Waals surface area contributed by atoms with Gasteiger partial charge in [-0.15, -0.1) is 13.2 Å². The smallest absolute Gasteiger partial charge is 0.405 e. The molecule has 2 rings (SSSR count). The van der Waals surface area contributed by atoms with Crippen molar-refractivity contribution in [2.45, 2.75) is 19.3 Å². The number of alkyl halides is 3. The zero-order valence-corrected chi connectivity index (χ0v) is 11.1. The van der Waals surface area contributed by atoms with E-state index in [0.717, 1.165) is 0 Å². The van der Waals surface area contributed by atoms with Crippen LogP contribution in [0.4, 0.5) is 13.2 Å². The van der Waals surface area contributed by atoms with Gasteiger partial charge >= 0.3 is 6.36 Å². The van der Waals surface area contributed by atoms with E-state index in [1.165, 1.54) is 30.6 Å². The lowest BCUT2D eigenvalue weighted by molar-refractivity contribution is -0.275. The molecular weight excluding hydrogens is 285 g/mol. The van der Waals surface area contributed by atoms with Crippen LogP contribution in [0.2, 0.25) is 0 Å². The molecule has 0 aliphatic carbocycles. The van der Waals surface area contributed by atoms with E-state index < -0.39 is 12.4 Å². The van der Waals surface area contributed by atoms with E-state index in [1.807, 2.05) is 0 Å². The van der Waals surface area contributed by atoms with Crippen molar-refractivity contribution in [2.75, 3.05) is 0 Å². The lowest BCUT2D eigenvalue weighted by Crippen LogP contribution is -2.30. The molecule has 0 spiro atoms. The van der Waals surface area contributed by atoms with Gasteiger partial charge in [-0.1, -0.05) is 18.2 Å². The summed E-state index contributed by atoms with van der Waals surface area (Å²) in [6.07, 6.45) is -1.83. The third-order valence-electron chi connectivity index (χ3n) is 2.72. The van der Waals surface area contributed by atoms with E-state index >= 15 is 0 Å². The average Bonchev–Trinajstić information content (AvgIpc) is 2.42. The fraction of sp³-hybridized carbons (Fsp3) is 0.231. The van der Waals surface area contributed by atoms with Crippen molar-refractivity contribution < 1.29 is 17.9 Å². The fourth-order valence-electron chi connectivity index (χ4n) is 1.82. The summed E-state index contributed by atoms with van der Waals surface area (Å²) in [4.78, 5) is 8.18. The van der Waals surface area contributed by atoms with Gasteiger partial charge in [-0.3, -0.25) is 15.8 Å². The van der Waals surface area contributed by atoms with Crippen LogP contribution in [-0.2, 0) is 0 Å². The van der Waals surface area contributed by atoms with Gasteiger partial charge in [0, 0.05) is 11.8 Å². The van der Waals surface area contributed by atoms with Gasteiger partial charge in [0.15, 0.2) is 0 Å². The van der Waals surface area contributed by atoms with Crippen LogP contribution in [0.15, 0.2) is 36.7 Å². The summed E-state index contributed by atoms with van der Waals surface area (Å²) in [6.45, 7) is 1.75. The number of benzene rings is 1. The molecular formula is C13H13F3N4O. The summed E-state index contributed by atoms with van der Waals surface area (Å²) in [5.41, 5.74) is 3.73. The van der Waals surface area contributed by atoms with E-state index in [9.17, 15) is 13.2 Å². The summed E-state index contributed by atoms with van der Waals surface area (Å²) >= 11 is 0. The van der Waals surface area contributed by atoms with Crippen molar-refractivity contribution in [2.24, 2.45) is 5.84 Å². The Balaban J connectivity index is 2.40. The maximum Gasteiger partial charge on any atom is 0.573 e. The number of aromatic nitrogens is 2. The molecule has 0 amide bonds. The van der Waals surface area contributed by atoms with E-state index in [0.29, 0.717) is 11.4 Å². The van der Waals surface area contributed by atoms with Crippen molar-refractivity contribution in [1.82, 2.24) is 15.4 Å². The SMILES string of the molecule is Cc1cnc(C(NN)c2ccccc2OC(F)(F)F)cn1. The predicted molar refractivity (Wildman–Crippen MR) is 69.1 cm³/mol. The Morgan fingerprint density at radius 2 is 1.90 bits per heavy atom. The van der Waals surface area contributed by atoms with Crippen LogP contribution in [0.5, 0.6) is 5.75 Å². The third-order valence-corrected chi connectivity index (χ3v) is 2.72. The Hall–Kier alpha value is -2.19. The first-order chi connectivity index (χ1) is 9.90. The number of ether oxygens (including phenoxy) is 1. The summed E-state index contributed by atoms with van der Waals surface area (Å²) in [7, 11) is 0. The zero-order valence-electron chi connectivity index (χ0n) is 11.1. The molecule has 5 nitrogen and oxygen atoms in total. The van der Waals surface area contributed by atoms with Crippen molar-refractivity contribution in [3.63, 3.8) is 0 Å². The highest BCUT2D eigenvalue weighted by molar-refractivity contribution is 5.39. The molecule has 1 aromatic heterocycles. The molecule has 0 radical (unpaired) electrons. The van der Waals surface area contributed by atoms with Crippen molar-refractivity contribution in [3.8, 4) is 5.75 Å². The number of aryl methyl sites for hydroxylation is 1. The second kappa shape index (κ2) is 6.06. The summed E-state index contributed by atoms with van der Waals surface area (Å²) < 4.78 is 41.3. The maximum atomic E-state index is 12.4. The summed E-state index contributed by atoms with van der Waals surface area (Å²) in [6, 6.07) is 4.96. The predicted octanol–water partition coefficient (Wildman–Crippen LogP) is 2.24. The highest BCUT2D eigenvalue weighted by Gasteiger charge is 2.33. The molecule has 3 N–H and O–H groups in total. The molecule has 112 valence electrons. The number of nitrogens with two attached hydrogens (primary N) is 1. The van der Waals surface area contributed by atoms with Crippen molar-refractivity contribution >= 4 is 0 Å². The first kappa shape index (κ1) is 15.2. The Bertz CT molecular complexity index is 601. The largest absolute Gasteiger partial charge is 0.573 e. The topological polar surface area (TPSA) is 73.1 Å². The highest BCUT2D eigenvalue weighted by Crippen LogP contribution is 2.32. The highest BCUT2D eigenvalue weighted by atomic mass is 19.4. The van der Waals surface area contributed by atoms with Crippen LogP contribution in [0.3, 0.4) is 0 Å². The Morgan fingerprint density at radius 1 is 1.19 bits per heavy atom. The van der Waals surface area contributed by atoms with Gasteiger partial charge in [0.2, 0.25) is 0 Å². The standard InChI is InChI=1S/C13H13F3N4O/c1-8-6-19-10(7-18-8)12(20-17)9-4-2-3-5-11(9)21-13(14,15)16/h2-7,12,20H,17H2,1H3. The van der Waals surface area contributed by atoms with Gasteiger partial charge in [-0.2, -0.15) is 0 Å². The van der Waals surface area contributed by atoms with Gasteiger partial charge in [0.1, 0.15) is 5.75 Å². The molecule has 1 aromatic carbocycles. The molecule has 21 heavy (non-hydrogen) atoms. The number of hydrogen-bond donors (Lipinski definition) is 2. The van der Waals surface area contributed by atoms with E-state index in [1.54, 1.807) is 13.0 Å². The van der Waals surface area contributed by atoms with Crippen LogP contribution in [-0.4, -0.2) is 16.3 Å². The van der Waals surface area contributed by atoms with Crippen LogP contribution in [0.25, 0.3) is 0 Å². The minimum Gasteiger partial charge on any atom is -0.405 e. The molecule has 0 aliphatic rings. The fourth-order valence-corrected chi connectivity index (χ4v) is 1.82. The molecule has 0 aliphatic heterocycles. The molecule has 8 heteroatoms. The number of hydrazine groups is 1. The lowest BCUT2D eigenvalue weighted by atomic mass is 10.0. The van der Waals surface area contributed by atoms with E-state index in [2.05, 4.69) is 20.1 Å². The number of hydrogen-bond acceptors (Lipinski definition) is 5. The normalized spacial score (nSPS) is 13.0. The van der Waals surface area contributed by atoms with Crippen LogP contribution in [0.1, 0.15) is 23.0 Å². The van der Waals surface area contributed by atoms with Gasteiger partial charge in [-0.25, -0.2) is 5.43 Å². The zero-order chi connectivity index (χ0) is 15.5. The molecule has 1 heterocycles. The summed E-state index contributed by atoms with van der Waals surface area (Å²) in [5, 5.41) is 0. The third kappa shape index (κ3) is 3.89. The molecule has 0 saturated carbocycles. The van der Waals surface area contributed by atoms with Crippen molar-refractivity contribution in [3.05, 3.63) is 53.6 Å². The van der Waals surface area contributed by atoms with Gasteiger partial charge in [0.25, 0.3) is 0 Å². The van der Waals surface area contributed by atoms with Gasteiger partial charge in [0.05, 0.1) is 23.6 Å². The van der Waals surface area contributed by atoms with Gasteiger partial charge < -0.3 is 4.74 Å². The van der Waals surface area contributed by atoms with Crippen LogP contribution in [0, 0.1) is 6.92 Å². The lowest BCUT2D eigenvalue weighted by Gasteiger charge is -2.20. The molecule has 2 aromatic rings. The van der Waals surface area contributed by atoms with Crippen molar-refractivity contribution in [1.29, 1.82) is 0 Å². The van der Waals surface area contributed by atoms with Crippen LogP contribution >= 0.6 is 0 Å². The number of nitrogens with one attached hydrogen (secondary N) is 1. The number of halogens is 3. The number of rotatable bonds is 4. The molecule has 0 fully saturated rings. The average molecular weight is 298 g/mol. The number of para-hydroxylation sites is 1. The molecule has 1 atom stereocenters. The Kier molecular flexibility index (Phi) is 4.39. The summed E-state index contributed by atoms with van der Waals surface area (Å²) in [5.74, 6) is 5.12. The first-order valence-corrected chi connectivity index (χ1v) is 6.00. The molecule has 0 bridgehead atoms. The second-order valence-corrected chi connectivity index (χ2v) is 4.27. The van der Waals surface area contributed by atoms with Gasteiger partial charge in [-0.05, 0) is 13.0 Å². The molecule has 0 saturated heterocycles. The minimum atomic E-state index is -4.78. The maximum absolute atomic E-state index is 12.4. The molecule has 1 unspecified atom stereocenters. The quantitative estimate of drug-likeness (QED) is 0.669.